The number of ether oxygens (including phenoxy) is 1. The minimum atomic E-state index is -0.708. The fourth-order valence-electron chi connectivity index (χ4n) is 4.10. The summed E-state index contributed by atoms with van der Waals surface area (Å²) in [4.78, 5) is 43.1. The van der Waals surface area contributed by atoms with E-state index in [1.165, 1.54) is 0 Å². The molecule has 0 spiro atoms. The molecule has 54 heavy (non-hydrogen) atoms. The van der Waals surface area contributed by atoms with E-state index in [1.807, 2.05) is 88.4 Å². The first-order chi connectivity index (χ1) is 25.4. The van der Waals surface area contributed by atoms with E-state index in [9.17, 15) is 14.4 Å². The molecule has 0 aliphatic carbocycles. The van der Waals surface area contributed by atoms with Crippen molar-refractivity contribution in [1.82, 2.24) is 15.3 Å². The molecular weight excluding hydrogens is 688 g/mol. The normalized spacial score (nSPS) is 12.3. The molecule has 15 heteroatoms. The second-order valence-corrected chi connectivity index (χ2v) is 13.8. The van der Waals surface area contributed by atoms with Crippen LogP contribution in [0.15, 0.2) is 105 Å². The SMILES string of the molecule is CC(C)[C@H](C)C(=O)O.CC(C)[C@H](NC(=O)OC(C)(C)C)C(=O)Cc1ccc(N=Nc2ccccc2)c(N)n1.Nc1ccc(N=Nc2ccccc2)c(N)n1. The van der Waals surface area contributed by atoms with Gasteiger partial charge in [0.25, 0.3) is 0 Å². The molecule has 288 valence electrons. The zero-order chi connectivity index (χ0) is 40.4. The zero-order valence-corrected chi connectivity index (χ0v) is 32.1. The maximum absolute atomic E-state index is 12.8. The van der Waals surface area contributed by atoms with E-state index in [0.717, 1.165) is 5.69 Å². The molecule has 0 fully saturated rings. The average Bonchev–Trinajstić information content (AvgIpc) is 3.10. The first-order valence-electron chi connectivity index (χ1n) is 17.3. The van der Waals surface area contributed by atoms with Crippen LogP contribution in [0.1, 0.15) is 61.1 Å². The van der Waals surface area contributed by atoms with Crippen molar-refractivity contribution in [1.29, 1.82) is 0 Å². The average molecular weight is 741 g/mol. The number of rotatable bonds is 11. The Bertz CT molecular complexity index is 1860. The molecule has 2 aromatic heterocycles. The predicted octanol–water partition coefficient (Wildman–Crippen LogP) is 8.76. The Kier molecular flexibility index (Phi) is 17.3. The molecule has 4 aromatic rings. The maximum atomic E-state index is 12.8. The number of alkyl carbamates (subject to hydrolysis) is 1. The molecule has 4 rings (SSSR count). The Hall–Kier alpha value is -6.25. The van der Waals surface area contributed by atoms with E-state index in [2.05, 4.69) is 35.7 Å². The Morgan fingerprint density at radius 3 is 1.57 bits per heavy atom. The number of anilines is 3. The van der Waals surface area contributed by atoms with Crippen molar-refractivity contribution < 1.29 is 24.2 Å². The van der Waals surface area contributed by atoms with Gasteiger partial charge in [0.15, 0.2) is 17.4 Å². The molecule has 0 bridgehead atoms. The highest BCUT2D eigenvalue weighted by molar-refractivity contribution is 5.89. The molecule has 0 saturated carbocycles. The monoisotopic (exact) mass is 740 g/mol. The molecule has 8 N–H and O–H groups in total. The van der Waals surface area contributed by atoms with Crippen LogP contribution in [-0.2, 0) is 20.7 Å². The number of hydrogen-bond acceptors (Lipinski definition) is 13. The van der Waals surface area contributed by atoms with Gasteiger partial charge < -0.3 is 32.4 Å². The number of benzene rings is 2. The number of azo groups is 2. The van der Waals surface area contributed by atoms with Crippen LogP contribution in [0.5, 0.6) is 0 Å². The highest BCUT2D eigenvalue weighted by Crippen LogP contribution is 2.25. The summed E-state index contributed by atoms with van der Waals surface area (Å²) >= 11 is 0. The van der Waals surface area contributed by atoms with Gasteiger partial charge in [0, 0.05) is 0 Å². The van der Waals surface area contributed by atoms with Gasteiger partial charge in [-0.05, 0) is 81.1 Å². The minimum absolute atomic E-state index is 0.0267. The fourth-order valence-corrected chi connectivity index (χ4v) is 4.10. The lowest BCUT2D eigenvalue weighted by atomic mass is 9.97. The quantitative estimate of drug-likeness (QED) is 0.0914. The number of amides is 1. The minimum Gasteiger partial charge on any atom is -0.481 e. The summed E-state index contributed by atoms with van der Waals surface area (Å²) in [6.45, 7) is 14.5. The first kappa shape index (κ1) is 43.9. The number of carbonyl (C=O) groups excluding carboxylic acids is 2. The number of nitrogens with one attached hydrogen (secondary N) is 1. The van der Waals surface area contributed by atoms with Crippen LogP contribution >= 0.6 is 0 Å². The number of carboxylic acid groups (broad SMARTS) is 1. The van der Waals surface area contributed by atoms with E-state index in [4.69, 9.17) is 27.0 Å². The number of carbonyl (C=O) groups is 3. The number of nitrogens with zero attached hydrogens (tertiary/aromatic N) is 6. The first-order valence-corrected chi connectivity index (χ1v) is 17.3. The summed E-state index contributed by atoms with van der Waals surface area (Å²) in [6.07, 6.45) is -0.599. The standard InChI is InChI=1S/C22H29N5O3.C11H11N5.C6H12O2/c1-14(2)19(25-21(29)30-22(3,4)5)18(28)13-16-11-12-17(20(23)24-16)27-26-15-9-7-6-8-10-15;12-10-7-6-9(11(13)14-10)16-15-8-4-2-1-3-5-8;1-4(2)5(3)6(7)8/h6-12,14,19H,13H2,1-5H3,(H2,23,24)(H,25,29);1-7H,(H4,12,13,14);4-5H,1-3H3,(H,7,8)/t19-;;5-/m0.0/s1. The molecule has 0 unspecified atom stereocenters. The topological polar surface area (TPSA) is 246 Å². The van der Waals surface area contributed by atoms with Gasteiger partial charge in [-0.2, -0.15) is 10.2 Å². The molecule has 2 atom stereocenters. The summed E-state index contributed by atoms with van der Waals surface area (Å²) in [6, 6.07) is 24.6. The van der Waals surface area contributed by atoms with Crippen LogP contribution < -0.4 is 22.5 Å². The van der Waals surface area contributed by atoms with Crippen LogP contribution in [-0.4, -0.2) is 44.6 Å². The summed E-state index contributed by atoms with van der Waals surface area (Å²) in [5.74, 6) is -0.137. The van der Waals surface area contributed by atoms with Crippen molar-refractivity contribution in [3.05, 3.63) is 90.6 Å². The number of Topliss-reactive ketones (excluding diaryl/α,β-unsaturated/α-hetero) is 1. The Morgan fingerprint density at radius 1 is 0.704 bits per heavy atom. The van der Waals surface area contributed by atoms with Crippen molar-refractivity contribution in [3.63, 3.8) is 0 Å². The molecule has 0 radical (unpaired) electrons. The third kappa shape index (κ3) is 16.4. The van der Waals surface area contributed by atoms with Gasteiger partial charge in [0.05, 0.1) is 35.4 Å². The fraction of sp³-hybridized carbons (Fsp3) is 0.359. The summed E-state index contributed by atoms with van der Waals surface area (Å²) < 4.78 is 5.26. The third-order valence-electron chi connectivity index (χ3n) is 7.37. The van der Waals surface area contributed by atoms with E-state index in [-0.39, 0.29) is 41.6 Å². The van der Waals surface area contributed by atoms with Crippen LogP contribution in [0.3, 0.4) is 0 Å². The molecule has 0 saturated heterocycles. The highest BCUT2D eigenvalue weighted by Gasteiger charge is 2.27. The number of carboxylic acids is 1. The number of nitrogen functional groups attached to an aromatic ring is 3. The molecule has 0 aliphatic heterocycles. The largest absolute Gasteiger partial charge is 0.481 e. The number of ketones is 1. The molecule has 2 aromatic carbocycles. The van der Waals surface area contributed by atoms with Crippen LogP contribution in [0.2, 0.25) is 0 Å². The lowest BCUT2D eigenvalue weighted by Crippen LogP contribution is -2.47. The number of pyridine rings is 2. The second-order valence-electron chi connectivity index (χ2n) is 13.8. The molecule has 2 heterocycles. The van der Waals surface area contributed by atoms with Crippen LogP contribution in [0.4, 0.5) is 45.0 Å². The predicted molar refractivity (Wildman–Crippen MR) is 211 cm³/mol. The van der Waals surface area contributed by atoms with Gasteiger partial charge in [-0.25, -0.2) is 14.8 Å². The summed E-state index contributed by atoms with van der Waals surface area (Å²) in [5.41, 5.74) is 19.3. The molecule has 0 aliphatic rings. The lowest BCUT2D eigenvalue weighted by molar-refractivity contribution is -0.142. The Morgan fingerprint density at radius 2 is 1.19 bits per heavy atom. The number of aromatic nitrogens is 2. The smallest absolute Gasteiger partial charge is 0.408 e. The van der Waals surface area contributed by atoms with Crippen molar-refractivity contribution in [3.8, 4) is 0 Å². The van der Waals surface area contributed by atoms with Crippen molar-refractivity contribution in [2.45, 2.75) is 73.5 Å². The molecular formula is C39H52N10O5. The van der Waals surface area contributed by atoms with Gasteiger partial charge >= 0.3 is 12.1 Å². The van der Waals surface area contributed by atoms with E-state index in [0.29, 0.717) is 28.6 Å². The van der Waals surface area contributed by atoms with Gasteiger partial charge in [-0.15, -0.1) is 10.2 Å². The summed E-state index contributed by atoms with van der Waals surface area (Å²) in [5, 5.41) is 27.3. The zero-order valence-electron chi connectivity index (χ0n) is 32.1. The number of hydrogen-bond donors (Lipinski definition) is 5. The molecule has 1 amide bonds. The summed E-state index contributed by atoms with van der Waals surface area (Å²) in [7, 11) is 0. The third-order valence-corrected chi connectivity index (χ3v) is 7.37. The maximum Gasteiger partial charge on any atom is 0.408 e. The second kappa shape index (κ2) is 21.3. The van der Waals surface area contributed by atoms with Crippen molar-refractivity contribution >= 4 is 58.0 Å². The van der Waals surface area contributed by atoms with E-state index < -0.39 is 23.7 Å². The van der Waals surface area contributed by atoms with Crippen LogP contribution in [0, 0.1) is 17.8 Å². The van der Waals surface area contributed by atoms with E-state index in [1.54, 1.807) is 52.0 Å². The number of nitrogens with two attached hydrogens (primary N) is 3. The van der Waals surface area contributed by atoms with E-state index >= 15 is 0 Å². The van der Waals surface area contributed by atoms with Gasteiger partial charge in [-0.3, -0.25) is 9.59 Å². The number of aliphatic carboxylic acids is 1. The Balaban J connectivity index is 0.000000347. The van der Waals surface area contributed by atoms with Crippen LogP contribution in [0.25, 0.3) is 0 Å². The van der Waals surface area contributed by atoms with Gasteiger partial charge in [0.1, 0.15) is 22.8 Å². The Labute approximate surface area is 316 Å². The lowest BCUT2D eigenvalue weighted by Gasteiger charge is -2.25. The van der Waals surface area contributed by atoms with Crippen molar-refractivity contribution in [2.75, 3.05) is 17.2 Å². The van der Waals surface area contributed by atoms with Gasteiger partial charge in [0.2, 0.25) is 0 Å². The van der Waals surface area contributed by atoms with Gasteiger partial charge in [-0.1, -0.05) is 71.0 Å². The molecule has 15 nitrogen and oxygen atoms in total. The van der Waals surface area contributed by atoms with Crippen molar-refractivity contribution in [2.24, 2.45) is 38.2 Å². The highest BCUT2D eigenvalue weighted by atomic mass is 16.6.